The van der Waals surface area contributed by atoms with E-state index in [4.69, 9.17) is 5.11 Å². The first kappa shape index (κ1) is 12.0. The fourth-order valence-corrected chi connectivity index (χ4v) is 1.38. The molecule has 0 spiro atoms. The molecule has 0 saturated carbocycles. The van der Waals surface area contributed by atoms with E-state index in [1.54, 1.807) is 0 Å². The predicted molar refractivity (Wildman–Crippen MR) is 55.0 cm³/mol. The Morgan fingerprint density at radius 1 is 1.33 bits per heavy atom. The zero-order valence-electron chi connectivity index (χ0n) is 9.36. The topological polar surface area (TPSA) is 69.6 Å². The van der Waals surface area contributed by atoms with Crippen molar-refractivity contribution in [1.82, 2.24) is 10.2 Å². The van der Waals surface area contributed by atoms with Gasteiger partial charge in [-0.15, -0.1) is 0 Å². The summed E-state index contributed by atoms with van der Waals surface area (Å²) in [6, 6.07) is 0.0441. The Labute approximate surface area is 89.4 Å². The van der Waals surface area contributed by atoms with E-state index in [-0.39, 0.29) is 23.8 Å². The standard InChI is InChI=1S/C10H18N2O3/c1-6(2)9(14)11-8-4-12(5-8)10(15)7(3)13/h6-8,13H,4-5H2,1-3H3,(H,11,14). The van der Waals surface area contributed by atoms with E-state index < -0.39 is 6.10 Å². The van der Waals surface area contributed by atoms with Gasteiger partial charge in [0.1, 0.15) is 6.10 Å². The Hall–Kier alpha value is -1.10. The van der Waals surface area contributed by atoms with Crippen LogP contribution < -0.4 is 5.32 Å². The van der Waals surface area contributed by atoms with Crippen LogP contribution in [-0.4, -0.2) is 47.1 Å². The second-order valence-corrected chi connectivity index (χ2v) is 4.28. The van der Waals surface area contributed by atoms with E-state index >= 15 is 0 Å². The molecule has 0 radical (unpaired) electrons. The van der Waals surface area contributed by atoms with E-state index in [1.165, 1.54) is 11.8 Å². The van der Waals surface area contributed by atoms with Gasteiger partial charge in [-0.2, -0.15) is 0 Å². The van der Waals surface area contributed by atoms with Crippen LogP contribution in [0.1, 0.15) is 20.8 Å². The highest BCUT2D eigenvalue weighted by Crippen LogP contribution is 2.10. The van der Waals surface area contributed by atoms with E-state index in [9.17, 15) is 9.59 Å². The van der Waals surface area contributed by atoms with Crippen LogP contribution >= 0.6 is 0 Å². The summed E-state index contributed by atoms with van der Waals surface area (Å²) in [5.41, 5.74) is 0. The van der Waals surface area contributed by atoms with Gasteiger partial charge in [0.25, 0.3) is 5.91 Å². The van der Waals surface area contributed by atoms with Gasteiger partial charge in [0.15, 0.2) is 0 Å². The van der Waals surface area contributed by atoms with E-state index in [1.807, 2.05) is 13.8 Å². The number of hydrogen-bond donors (Lipinski definition) is 2. The average molecular weight is 214 g/mol. The van der Waals surface area contributed by atoms with Crippen LogP contribution in [0, 0.1) is 5.92 Å². The van der Waals surface area contributed by atoms with Crippen LogP contribution in [-0.2, 0) is 9.59 Å². The van der Waals surface area contributed by atoms with Crippen LogP contribution in [0.4, 0.5) is 0 Å². The summed E-state index contributed by atoms with van der Waals surface area (Å²) in [7, 11) is 0. The quantitative estimate of drug-likeness (QED) is 0.656. The number of carbonyl (C=O) groups excluding carboxylic acids is 2. The minimum Gasteiger partial charge on any atom is -0.384 e. The maximum Gasteiger partial charge on any atom is 0.251 e. The number of rotatable bonds is 3. The molecule has 0 aromatic carbocycles. The summed E-state index contributed by atoms with van der Waals surface area (Å²) < 4.78 is 0. The first-order valence-corrected chi connectivity index (χ1v) is 5.19. The summed E-state index contributed by atoms with van der Waals surface area (Å²) in [5, 5.41) is 11.9. The van der Waals surface area contributed by atoms with Gasteiger partial charge < -0.3 is 15.3 Å². The van der Waals surface area contributed by atoms with Crippen molar-refractivity contribution in [3.63, 3.8) is 0 Å². The monoisotopic (exact) mass is 214 g/mol. The molecule has 1 heterocycles. The van der Waals surface area contributed by atoms with Crippen molar-refractivity contribution in [2.24, 2.45) is 5.92 Å². The highest BCUT2D eigenvalue weighted by molar-refractivity contribution is 5.82. The molecule has 1 aliphatic rings. The van der Waals surface area contributed by atoms with Crippen LogP contribution in [0.5, 0.6) is 0 Å². The van der Waals surface area contributed by atoms with Crippen molar-refractivity contribution in [1.29, 1.82) is 0 Å². The maximum atomic E-state index is 11.3. The Bertz CT molecular complexity index is 257. The third-order valence-corrected chi connectivity index (χ3v) is 2.42. The molecule has 86 valence electrons. The number of likely N-dealkylation sites (tertiary alicyclic amines) is 1. The average Bonchev–Trinajstić information content (AvgIpc) is 2.08. The fourth-order valence-electron chi connectivity index (χ4n) is 1.38. The normalized spacial score (nSPS) is 18.6. The highest BCUT2D eigenvalue weighted by atomic mass is 16.3. The van der Waals surface area contributed by atoms with Gasteiger partial charge >= 0.3 is 0 Å². The molecule has 15 heavy (non-hydrogen) atoms. The Kier molecular flexibility index (Phi) is 3.68. The smallest absolute Gasteiger partial charge is 0.251 e. The number of hydrogen-bond acceptors (Lipinski definition) is 3. The minimum absolute atomic E-state index is 0.00384. The van der Waals surface area contributed by atoms with Gasteiger partial charge in [0.2, 0.25) is 5.91 Å². The second-order valence-electron chi connectivity index (χ2n) is 4.28. The Balaban J connectivity index is 2.26. The van der Waals surface area contributed by atoms with Crippen molar-refractivity contribution in [2.75, 3.05) is 13.1 Å². The molecule has 1 rings (SSSR count). The van der Waals surface area contributed by atoms with Crippen LogP contribution in [0.15, 0.2) is 0 Å². The fraction of sp³-hybridized carbons (Fsp3) is 0.800. The van der Waals surface area contributed by atoms with Crippen molar-refractivity contribution < 1.29 is 14.7 Å². The molecule has 0 bridgehead atoms. The third kappa shape index (κ3) is 2.92. The number of aliphatic hydroxyl groups excluding tert-OH is 1. The SMILES string of the molecule is CC(C)C(=O)NC1CN(C(=O)C(C)O)C1. The summed E-state index contributed by atoms with van der Waals surface area (Å²) in [6.07, 6.45) is -0.952. The van der Waals surface area contributed by atoms with Gasteiger partial charge in [-0.25, -0.2) is 0 Å². The number of nitrogens with one attached hydrogen (secondary N) is 1. The highest BCUT2D eigenvalue weighted by Gasteiger charge is 2.33. The minimum atomic E-state index is -0.952. The number of carbonyl (C=O) groups is 2. The molecule has 1 saturated heterocycles. The van der Waals surface area contributed by atoms with Crippen LogP contribution in [0.3, 0.4) is 0 Å². The van der Waals surface area contributed by atoms with Gasteiger partial charge in [0.05, 0.1) is 6.04 Å². The molecule has 0 aromatic rings. The van der Waals surface area contributed by atoms with E-state index in [0.717, 1.165) is 0 Å². The maximum absolute atomic E-state index is 11.3. The zero-order chi connectivity index (χ0) is 11.6. The largest absolute Gasteiger partial charge is 0.384 e. The molecule has 1 atom stereocenters. The Morgan fingerprint density at radius 2 is 1.87 bits per heavy atom. The van der Waals surface area contributed by atoms with Crippen molar-refractivity contribution in [2.45, 2.75) is 32.9 Å². The summed E-state index contributed by atoms with van der Waals surface area (Å²) >= 11 is 0. The molecule has 0 aromatic heterocycles. The molecule has 1 fully saturated rings. The number of amides is 2. The molecule has 1 aliphatic heterocycles. The molecule has 1 unspecified atom stereocenters. The predicted octanol–water partition coefficient (Wildman–Crippen LogP) is -0.650. The molecule has 0 aliphatic carbocycles. The van der Waals surface area contributed by atoms with Crippen LogP contribution in [0.25, 0.3) is 0 Å². The molecular formula is C10H18N2O3. The lowest BCUT2D eigenvalue weighted by Crippen LogP contribution is -2.62. The summed E-state index contributed by atoms with van der Waals surface area (Å²) in [4.78, 5) is 24.1. The summed E-state index contributed by atoms with van der Waals surface area (Å²) in [5.74, 6) is -0.305. The molecule has 5 nitrogen and oxygen atoms in total. The molecule has 2 N–H and O–H groups in total. The number of aliphatic hydroxyl groups is 1. The van der Waals surface area contributed by atoms with Gasteiger partial charge in [-0.1, -0.05) is 13.8 Å². The van der Waals surface area contributed by atoms with Gasteiger partial charge in [-0.3, -0.25) is 9.59 Å². The zero-order valence-corrected chi connectivity index (χ0v) is 9.36. The van der Waals surface area contributed by atoms with E-state index in [0.29, 0.717) is 13.1 Å². The molecule has 2 amide bonds. The lowest BCUT2D eigenvalue weighted by molar-refractivity contribution is -0.145. The second kappa shape index (κ2) is 4.61. The van der Waals surface area contributed by atoms with Crippen molar-refractivity contribution >= 4 is 11.8 Å². The van der Waals surface area contributed by atoms with Crippen molar-refractivity contribution in [3.8, 4) is 0 Å². The third-order valence-electron chi connectivity index (χ3n) is 2.42. The van der Waals surface area contributed by atoms with Crippen LogP contribution in [0.2, 0.25) is 0 Å². The summed E-state index contributed by atoms with van der Waals surface area (Å²) in [6.45, 7) is 6.10. The van der Waals surface area contributed by atoms with Gasteiger partial charge in [0, 0.05) is 19.0 Å². The van der Waals surface area contributed by atoms with Crippen molar-refractivity contribution in [3.05, 3.63) is 0 Å². The number of nitrogens with zero attached hydrogens (tertiary/aromatic N) is 1. The Morgan fingerprint density at radius 3 is 2.27 bits per heavy atom. The lowest BCUT2D eigenvalue weighted by Gasteiger charge is -2.40. The molecular weight excluding hydrogens is 196 g/mol. The first-order valence-electron chi connectivity index (χ1n) is 5.19. The first-order chi connectivity index (χ1) is 6.91. The van der Waals surface area contributed by atoms with E-state index in [2.05, 4.69) is 5.32 Å². The van der Waals surface area contributed by atoms with Gasteiger partial charge in [-0.05, 0) is 6.92 Å². The molecule has 5 heteroatoms. The lowest BCUT2D eigenvalue weighted by atomic mass is 10.1.